The molecule has 0 unspecified atom stereocenters. The van der Waals surface area contributed by atoms with Crippen LogP contribution in [-0.2, 0) is 17.6 Å². The van der Waals surface area contributed by atoms with Gasteiger partial charge in [-0.25, -0.2) is 24.5 Å². The van der Waals surface area contributed by atoms with Crippen molar-refractivity contribution in [2.24, 2.45) is 0 Å². The van der Waals surface area contributed by atoms with E-state index < -0.39 is 11.7 Å². The van der Waals surface area contributed by atoms with Crippen LogP contribution < -0.4 is 10.6 Å². The van der Waals surface area contributed by atoms with Gasteiger partial charge in [0, 0.05) is 24.8 Å². The molecule has 1 atom stereocenters. The summed E-state index contributed by atoms with van der Waals surface area (Å²) in [4.78, 5) is 41.6. The lowest BCUT2D eigenvalue weighted by atomic mass is 9.99. The molecule has 0 spiro atoms. The lowest BCUT2D eigenvalue weighted by Crippen LogP contribution is -2.42. The molecule has 2 aromatic heterocycles. The number of ether oxygens (including phenoxy) is 1. The van der Waals surface area contributed by atoms with E-state index in [1.165, 1.54) is 11.3 Å². The Kier molecular flexibility index (Phi) is 6.57. The number of rotatable bonds is 3. The predicted molar refractivity (Wildman–Crippen MR) is 139 cm³/mol. The van der Waals surface area contributed by atoms with Gasteiger partial charge in [0.05, 0.1) is 27.3 Å². The largest absolute Gasteiger partial charge is 0.444 e. The monoisotopic (exact) mass is 526 g/mol. The lowest BCUT2D eigenvalue weighted by molar-refractivity contribution is 0.0506. The number of halogens is 1. The van der Waals surface area contributed by atoms with Crippen molar-refractivity contribution in [1.82, 2.24) is 25.2 Å². The molecule has 2 N–H and O–H groups in total. The molecule has 0 radical (unpaired) electrons. The number of aromatic nitrogens is 3. The van der Waals surface area contributed by atoms with Gasteiger partial charge in [0.15, 0.2) is 11.0 Å². The average molecular weight is 527 g/mol. The van der Waals surface area contributed by atoms with Gasteiger partial charge in [0.25, 0.3) is 0 Å². The molecule has 3 heterocycles. The van der Waals surface area contributed by atoms with Crippen LogP contribution in [0.1, 0.15) is 38.4 Å². The molecule has 11 heteroatoms. The Balaban J connectivity index is 1.27. The number of urea groups is 1. The van der Waals surface area contributed by atoms with Crippen LogP contribution in [0.4, 0.5) is 14.7 Å². The van der Waals surface area contributed by atoms with Crippen LogP contribution in [0.15, 0.2) is 30.5 Å². The molecule has 1 fully saturated rings. The number of nitrogens with one attached hydrogen (secondary N) is 2. The third kappa shape index (κ3) is 5.29. The molecule has 2 aliphatic rings. The van der Waals surface area contributed by atoms with Crippen LogP contribution in [0.2, 0.25) is 5.02 Å². The summed E-state index contributed by atoms with van der Waals surface area (Å²) in [5.41, 5.74) is 3.01. The van der Waals surface area contributed by atoms with E-state index in [0.717, 1.165) is 40.2 Å². The summed E-state index contributed by atoms with van der Waals surface area (Å²) in [6, 6.07) is 7.10. The molecule has 1 aromatic carbocycles. The number of aryl methyl sites for hydroxylation is 2. The maximum Gasteiger partial charge on any atom is 0.407 e. The maximum atomic E-state index is 12.9. The molecule has 1 aliphatic heterocycles. The van der Waals surface area contributed by atoms with Crippen molar-refractivity contribution in [3.63, 3.8) is 0 Å². The zero-order chi connectivity index (χ0) is 25.4. The number of nitrogens with zero attached hydrogens (tertiary/aromatic N) is 4. The first-order valence-electron chi connectivity index (χ1n) is 11.8. The smallest absolute Gasteiger partial charge is 0.407 e. The lowest BCUT2D eigenvalue weighted by Gasteiger charge is -2.22. The summed E-state index contributed by atoms with van der Waals surface area (Å²) >= 11 is 7.77. The van der Waals surface area contributed by atoms with E-state index in [4.69, 9.17) is 21.3 Å². The van der Waals surface area contributed by atoms with Crippen LogP contribution in [0, 0.1) is 0 Å². The Morgan fingerprint density at radius 3 is 2.78 bits per heavy atom. The Labute approximate surface area is 218 Å². The predicted octanol–water partition coefficient (Wildman–Crippen LogP) is 5.15. The summed E-state index contributed by atoms with van der Waals surface area (Å²) in [5.74, 6) is 0.562. The van der Waals surface area contributed by atoms with Crippen LogP contribution in [0.5, 0.6) is 0 Å². The molecule has 1 aliphatic carbocycles. The van der Waals surface area contributed by atoms with Crippen LogP contribution in [0.3, 0.4) is 0 Å². The van der Waals surface area contributed by atoms with Crippen molar-refractivity contribution >= 4 is 40.2 Å². The van der Waals surface area contributed by atoms with E-state index in [2.05, 4.69) is 20.6 Å². The number of thiazole rings is 1. The summed E-state index contributed by atoms with van der Waals surface area (Å²) < 4.78 is 5.31. The van der Waals surface area contributed by atoms with Gasteiger partial charge in [-0.05, 0) is 57.7 Å². The topological polar surface area (TPSA) is 109 Å². The van der Waals surface area contributed by atoms with E-state index in [9.17, 15) is 9.59 Å². The highest BCUT2D eigenvalue weighted by atomic mass is 35.5. The zero-order valence-corrected chi connectivity index (χ0v) is 21.9. The van der Waals surface area contributed by atoms with Crippen LogP contribution in [0.25, 0.3) is 22.0 Å². The second-order valence-corrected chi connectivity index (χ2v) is 11.3. The molecule has 3 aromatic rings. The summed E-state index contributed by atoms with van der Waals surface area (Å²) in [7, 11) is 0. The number of carbonyl (C=O) groups is 2. The molecule has 0 saturated carbocycles. The van der Waals surface area contributed by atoms with Gasteiger partial charge < -0.3 is 15.0 Å². The zero-order valence-electron chi connectivity index (χ0n) is 20.3. The molecule has 1 saturated heterocycles. The molecule has 36 heavy (non-hydrogen) atoms. The van der Waals surface area contributed by atoms with E-state index in [1.807, 2.05) is 51.2 Å². The summed E-state index contributed by atoms with van der Waals surface area (Å²) in [6.07, 6.45) is 3.58. The summed E-state index contributed by atoms with van der Waals surface area (Å²) in [5, 5.41) is 6.88. The second-order valence-electron chi connectivity index (χ2n) is 9.85. The molecule has 3 amide bonds. The Bertz CT molecular complexity index is 1320. The molecule has 9 nitrogen and oxygen atoms in total. The fraction of sp³-hybridized carbons (Fsp3) is 0.400. The number of fused-ring (bicyclic) bond motifs is 3. The number of alkyl carbamates (subject to hydrolysis) is 1. The first-order chi connectivity index (χ1) is 17.2. The number of hydrogen-bond acceptors (Lipinski definition) is 7. The highest BCUT2D eigenvalue weighted by molar-refractivity contribution is 7.19. The minimum absolute atomic E-state index is 0.151. The number of amides is 3. The van der Waals surface area contributed by atoms with E-state index in [-0.39, 0.29) is 12.1 Å². The second kappa shape index (κ2) is 9.67. The average Bonchev–Trinajstić information content (AvgIpc) is 3.44. The fourth-order valence-corrected chi connectivity index (χ4v) is 5.53. The van der Waals surface area contributed by atoms with Crippen molar-refractivity contribution in [1.29, 1.82) is 0 Å². The first-order valence-corrected chi connectivity index (χ1v) is 13.0. The first kappa shape index (κ1) is 24.5. The highest BCUT2D eigenvalue weighted by Gasteiger charge is 2.30. The van der Waals surface area contributed by atoms with Gasteiger partial charge in [0.1, 0.15) is 5.60 Å². The maximum absolute atomic E-state index is 12.9. The van der Waals surface area contributed by atoms with Gasteiger partial charge in [-0.1, -0.05) is 35.1 Å². The van der Waals surface area contributed by atoms with Crippen LogP contribution >= 0.6 is 22.9 Å². The Morgan fingerprint density at radius 2 is 2.00 bits per heavy atom. The highest BCUT2D eigenvalue weighted by Crippen LogP contribution is 2.39. The van der Waals surface area contributed by atoms with Crippen molar-refractivity contribution < 1.29 is 14.3 Å². The van der Waals surface area contributed by atoms with Gasteiger partial charge in [-0.2, -0.15) is 0 Å². The molecule has 5 rings (SSSR count). The van der Waals surface area contributed by atoms with Crippen molar-refractivity contribution in [3.05, 3.63) is 46.7 Å². The number of carbonyl (C=O) groups excluding carboxylic acids is 2. The third-order valence-electron chi connectivity index (χ3n) is 5.93. The molecular weight excluding hydrogens is 500 g/mol. The quantitative estimate of drug-likeness (QED) is 0.488. The molecular formula is C25H27ClN6O3S. The van der Waals surface area contributed by atoms with Gasteiger partial charge in [0.2, 0.25) is 0 Å². The van der Waals surface area contributed by atoms with Crippen molar-refractivity contribution in [2.45, 2.75) is 51.7 Å². The SMILES string of the molecule is CC(C)(C)OC(=O)N[C@H]1CCN(C(=O)Nc2nc3c(s2)-c2nc(-c4ccccc4Cl)ncc2CC3)C1. The number of hydrogen-bond donors (Lipinski definition) is 2. The van der Waals surface area contributed by atoms with E-state index in [1.54, 1.807) is 4.90 Å². The molecule has 0 bridgehead atoms. The van der Waals surface area contributed by atoms with Gasteiger partial charge >= 0.3 is 12.1 Å². The van der Waals surface area contributed by atoms with Crippen molar-refractivity contribution in [2.75, 3.05) is 18.4 Å². The standard InChI is InChI=1S/C25H27ClN6O3S/c1-25(2,3)35-24(34)28-15-10-11-32(13-15)23(33)31-22-29-18-9-8-14-12-27-21(30-19(14)20(18)36-22)16-6-4-5-7-17(16)26/h4-7,12,15H,8-11,13H2,1-3H3,(H,28,34)(H,29,31,33)/t15-/m0/s1. The number of benzene rings is 1. The van der Waals surface area contributed by atoms with Crippen molar-refractivity contribution in [3.8, 4) is 22.0 Å². The molecule has 188 valence electrons. The Morgan fingerprint density at radius 1 is 1.19 bits per heavy atom. The normalized spacial score (nSPS) is 16.8. The van der Waals surface area contributed by atoms with Gasteiger partial charge in [-0.15, -0.1) is 0 Å². The Hall–Kier alpha value is -3.24. The van der Waals surface area contributed by atoms with E-state index in [0.29, 0.717) is 35.5 Å². The number of anilines is 1. The minimum atomic E-state index is -0.568. The van der Waals surface area contributed by atoms with Crippen LogP contribution in [-0.4, -0.2) is 56.7 Å². The minimum Gasteiger partial charge on any atom is -0.444 e. The van der Waals surface area contributed by atoms with Gasteiger partial charge in [-0.3, -0.25) is 5.32 Å². The number of likely N-dealkylation sites (tertiary alicyclic amines) is 1. The third-order valence-corrected chi connectivity index (χ3v) is 7.28. The summed E-state index contributed by atoms with van der Waals surface area (Å²) in [6.45, 7) is 6.39. The van der Waals surface area contributed by atoms with E-state index >= 15 is 0 Å². The fourth-order valence-electron chi connectivity index (χ4n) is 4.28.